The summed E-state index contributed by atoms with van der Waals surface area (Å²) < 4.78 is 11.4. The van der Waals surface area contributed by atoms with Gasteiger partial charge < -0.3 is 9.47 Å². The van der Waals surface area contributed by atoms with E-state index in [1.165, 1.54) is 0 Å². The van der Waals surface area contributed by atoms with E-state index in [2.05, 4.69) is 0 Å². The fraction of sp³-hybridized carbons (Fsp3) is 0.250. The first-order valence-corrected chi connectivity index (χ1v) is 6.13. The molecule has 0 aliphatic rings. The first kappa shape index (κ1) is 12.7. The Morgan fingerprint density at radius 2 is 1.61 bits per heavy atom. The average Bonchev–Trinajstić information content (AvgIpc) is 2.40. The van der Waals surface area contributed by atoms with Crippen LogP contribution in [0.4, 0.5) is 0 Å². The molecule has 1 unspecified atom stereocenters. The standard InChI is InChI=1S/C16H18O2/c1-13-8-6-7-11-16(13)18-14(2)17-12-15-9-4-3-5-10-15/h3-11,14H,12H2,1-2H3. The van der Waals surface area contributed by atoms with Crippen molar-refractivity contribution in [2.24, 2.45) is 0 Å². The predicted octanol–water partition coefficient (Wildman–Crippen LogP) is 3.94. The van der Waals surface area contributed by atoms with Gasteiger partial charge in [-0.1, -0.05) is 48.5 Å². The first-order valence-electron chi connectivity index (χ1n) is 6.13. The van der Waals surface area contributed by atoms with Gasteiger partial charge in [-0.15, -0.1) is 0 Å². The van der Waals surface area contributed by atoms with Crippen LogP contribution in [0.2, 0.25) is 0 Å². The van der Waals surface area contributed by atoms with Gasteiger partial charge in [0.15, 0.2) is 6.29 Å². The van der Waals surface area contributed by atoms with Crippen molar-refractivity contribution >= 4 is 0 Å². The van der Waals surface area contributed by atoms with Crippen molar-refractivity contribution in [2.75, 3.05) is 0 Å². The molecule has 0 saturated carbocycles. The Bertz CT molecular complexity index is 479. The number of para-hydroxylation sites is 1. The monoisotopic (exact) mass is 242 g/mol. The van der Waals surface area contributed by atoms with Gasteiger partial charge in [0.05, 0.1) is 6.61 Å². The molecule has 0 radical (unpaired) electrons. The minimum absolute atomic E-state index is 0.258. The second kappa shape index (κ2) is 6.22. The first-order chi connectivity index (χ1) is 8.75. The van der Waals surface area contributed by atoms with E-state index in [1.54, 1.807) is 0 Å². The van der Waals surface area contributed by atoms with Crippen molar-refractivity contribution in [3.05, 3.63) is 65.7 Å². The Balaban J connectivity index is 1.86. The predicted molar refractivity (Wildman–Crippen MR) is 72.5 cm³/mol. The van der Waals surface area contributed by atoms with Crippen LogP contribution in [-0.2, 0) is 11.3 Å². The lowest BCUT2D eigenvalue weighted by Gasteiger charge is -2.16. The van der Waals surface area contributed by atoms with Crippen LogP contribution >= 0.6 is 0 Å². The fourth-order valence-corrected chi connectivity index (χ4v) is 1.69. The lowest BCUT2D eigenvalue weighted by Crippen LogP contribution is -2.16. The number of hydrogen-bond donors (Lipinski definition) is 0. The van der Waals surface area contributed by atoms with E-state index in [0.717, 1.165) is 16.9 Å². The molecule has 0 spiro atoms. The maximum absolute atomic E-state index is 5.74. The molecule has 2 aromatic carbocycles. The minimum Gasteiger partial charge on any atom is -0.465 e. The molecule has 0 aliphatic carbocycles. The van der Waals surface area contributed by atoms with E-state index in [9.17, 15) is 0 Å². The van der Waals surface area contributed by atoms with E-state index < -0.39 is 0 Å². The zero-order chi connectivity index (χ0) is 12.8. The molecule has 0 fully saturated rings. The van der Waals surface area contributed by atoms with Crippen molar-refractivity contribution in [1.82, 2.24) is 0 Å². The molecule has 0 saturated heterocycles. The molecular formula is C16H18O2. The summed E-state index contributed by atoms with van der Waals surface area (Å²) in [6.45, 7) is 4.50. The summed E-state index contributed by atoms with van der Waals surface area (Å²) in [4.78, 5) is 0. The van der Waals surface area contributed by atoms with E-state index in [0.29, 0.717) is 6.61 Å². The van der Waals surface area contributed by atoms with Crippen molar-refractivity contribution in [1.29, 1.82) is 0 Å². The van der Waals surface area contributed by atoms with Crippen molar-refractivity contribution in [2.45, 2.75) is 26.7 Å². The molecule has 0 heterocycles. The van der Waals surface area contributed by atoms with Gasteiger partial charge in [0.25, 0.3) is 0 Å². The van der Waals surface area contributed by atoms with Gasteiger partial charge in [-0.25, -0.2) is 0 Å². The number of hydrogen-bond acceptors (Lipinski definition) is 2. The molecule has 0 aromatic heterocycles. The van der Waals surface area contributed by atoms with E-state index in [-0.39, 0.29) is 6.29 Å². The van der Waals surface area contributed by atoms with Gasteiger partial charge >= 0.3 is 0 Å². The van der Waals surface area contributed by atoms with Crippen molar-refractivity contribution in [3.63, 3.8) is 0 Å². The molecule has 2 aromatic rings. The van der Waals surface area contributed by atoms with E-state index in [4.69, 9.17) is 9.47 Å². The number of aryl methyl sites for hydroxylation is 1. The van der Waals surface area contributed by atoms with Crippen LogP contribution < -0.4 is 4.74 Å². The molecular weight excluding hydrogens is 224 g/mol. The second-order valence-electron chi connectivity index (χ2n) is 4.25. The Morgan fingerprint density at radius 1 is 0.944 bits per heavy atom. The normalized spacial score (nSPS) is 12.1. The van der Waals surface area contributed by atoms with Gasteiger partial charge in [-0.05, 0) is 31.0 Å². The molecule has 2 nitrogen and oxygen atoms in total. The highest BCUT2D eigenvalue weighted by Gasteiger charge is 2.05. The van der Waals surface area contributed by atoms with Crippen LogP contribution in [0.5, 0.6) is 5.75 Å². The highest BCUT2D eigenvalue weighted by molar-refractivity contribution is 5.31. The Labute approximate surface area is 108 Å². The topological polar surface area (TPSA) is 18.5 Å². The third kappa shape index (κ3) is 3.60. The van der Waals surface area contributed by atoms with Crippen LogP contribution in [-0.4, -0.2) is 6.29 Å². The summed E-state index contributed by atoms with van der Waals surface area (Å²) >= 11 is 0. The molecule has 0 amide bonds. The van der Waals surface area contributed by atoms with E-state index >= 15 is 0 Å². The Morgan fingerprint density at radius 3 is 2.33 bits per heavy atom. The zero-order valence-electron chi connectivity index (χ0n) is 10.8. The molecule has 0 aliphatic heterocycles. The number of rotatable bonds is 5. The summed E-state index contributed by atoms with van der Waals surface area (Å²) in [6.07, 6.45) is -0.258. The summed E-state index contributed by atoms with van der Waals surface area (Å²) in [6, 6.07) is 18.0. The van der Waals surface area contributed by atoms with Crippen LogP contribution in [0.3, 0.4) is 0 Å². The third-order valence-electron chi connectivity index (χ3n) is 2.71. The fourth-order valence-electron chi connectivity index (χ4n) is 1.69. The summed E-state index contributed by atoms with van der Waals surface area (Å²) in [7, 11) is 0. The second-order valence-corrected chi connectivity index (χ2v) is 4.25. The lowest BCUT2D eigenvalue weighted by molar-refractivity contribution is -0.0762. The van der Waals surface area contributed by atoms with Gasteiger partial charge in [-0.2, -0.15) is 0 Å². The zero-order valence-corrected chi connectivity index (χ0v) is 10.8. The van der Waals surface area contributed by atoms with Crippen LogP contribution in [0, 0.1) is 6.92 Å². The van der Waals surface area contributed by atoms with Gasteiger partial charge in [0.2, 0.25) is 0 Å². The number of benzene rings is 2. The molecule has 0 bridgehead atoms. The van der Waals surface area contributed by atoms with Crippen LogP contribution in [0.15, 0.2) is 54.6 Å². The molecule has 2 rings (SSSR count). The minimum atomic E-state index is -0.258. The maximum Gasteiger partial charge on any atom is 0.197 e. The molecule has 0 N–H and O–H groups in total. The smallest absolute Gasteiger partial charge is 0.197 e. The number of ether oxygens (including phenoxy) is 2. The highest BCUT2D eigenvalue weighted by Crippen LogP contribution is 2.18. The summed E-state index contributed by atoms with van der Waals surface area (Å²) in [5.74, 6) is 0.873. The van der Waals surface area contributed by atoms with Gasteiger partial charge in [-0.3, -0.25) is 0 Å². The Hall–Kier alpha value is -1.80. The molecule has 1 atom stereocenters. The molecule has 18 heavy (non-hydrogen) atoms. The summed E-state index contributed by atoms with van der Waals surface area (Å²) in [5, 5.41) is 0. The lowest BCUT2D eigenvalue weighted by atomic mass is 10.2. The summed E-state index contributed by atoms with van der Waals surface area (Å²) in [5.41, 5.74) is 2.27. The maximum atomic E-state index is 5.74. The van der Waals surface area contributed by atoms with Crippen molar-refractivity contribution in [3.8, 4) is 5.75 Å². The quantitative estimate of drug-likeness (QED) is 0.739. The van der Waals surface area contributed by atoms with Crippen LogP contribution in [0.25, 0.3) is 0 Å². The van der Waals surface area contributed by atoms with Crippen LogP contribution in [0.1, 0.15) is 18.1 Å². The third-order valence-corrected chi connectivity index (χ3v) is 2.71. The highest BCUT2D eigenvalue weighted by atomic mass is 16.7. The molecule has 2 heteroatoms. The molecule has 94 valence electrons. The van der Waals surface area contributed by atoms with Gasteiger partial charge in [0.1, 0.15) is 5.75 Å². The van der Waals surface area contributed by atoms with Crippen molar-refractivity contribution < 1.29 is 9.47 Å². The SMILES string of the molecule is Cc1ccccc1OC(C)OCc1ccccc1. The average molecular weight is 242 g/mol. The van der Waals surface area contributed by atoms with Gasteiger partial charge in [0, 0.05) is 0 Å². The Kier molecular flexibility index (Phi) is 4.37. The van der Waals surface area contributed by atoms with E-state index in [1.807, 2.05) is 68.4 Å². The largest absolute Gasteiger partial charge is 0.465 e.